The van der Waals surface area contributed by atoms with Gasteiger partial charge in [0, 0.05) is 0 Å². The van der Waals surface area contributed by atoms with Crippen LogP contribution in [0.2, 0.25) is 0 Å². The standard InChI is InChI=1S/C4H2F3N3O2.C2H2BrN3/c5-4(6,7)3(11)12-2-1-8-10-9-2;3-2-1-4-6-5-2/h1H,(H,8,9,10);1H,(H,4,5,6). The van der Waals surface area contributed by atoms with Crippen molar-refractivity contribution in [3.8, 4) is 5.88 Å². The van der Waals surface area contributed by atoms with Crippen LogP contribution in [-0.4, -0.2) is 43.0 Å². The molecule has 0 radical (unpaired) electrons. The van der Waals surface area contributed by atoms with E-state index < -0.39 is 18.0 Å². The van der Waals surface area contributed by atoms with E-state index in [-0.39, 0.29) is 0 Å². The first kappa shape index (κ1) is 14.1. The molecule has 0 aliphatic rings. The highest BCUT2D eigenvalue weighted by molar-refractivity contribution is 9.10. The second-order valence-corrected chi connectivity index (χ2v) is 3.30. The number of H-pyrrole nitrogens is 2. The van der Waals surface area contributed by atoms with Crippen LogP contribution in [0.15, 0.2) is 17.0 Å². The van der Waals surface area contributed by atoms with Crippen LogP contribution >= 0.6 is 15.9 Å². The van der Waals surface area contributed by atoms with Gasteiger partial charge in [-0.2, -0.15) is 33.8 Å². The quantitative estimate of drug-likeness (QED) is 0.751. The molecule has 0 aliphatic carbocycles. The summed E-state index contributed by atoms with van der Waals surface area (Å²) in [4.78, 5) is 10.1. The van der Waals surface area contributed by atoms with Gasteiger partial charge in [0.1, 0.15) is 10.8 Å². The Morgan fingerprint density at radius 1 is 1.22 bits per heavy atom. The predicted octanol–water partition coefficient (Wildman–Crippen LogP) is 0.840. The van der Waals surface area contributed by atoms with E-state index in [4.69, 9.17) is 0 Å². The Bertz CT molecular complexity index is 470. The number of aromatic nitrogens is 6. The third-order valence-corrected chi connectivity index (χ3v) is 1.59. The topological polar surface area (TPSA) is 109 Å². The fraction of sp³-hybridized carbons (Fsp3) is 0.167. The van der Waals surface area contributed by atoms with Gasteiger partial charge in [0.25, 0.3) is 5.88 Å². The molecule has 0 unspecified atom stereocenters. The van der Waals surface area contributed by atoms with Crippen LogP contribution in [0.1, 0.15) is 0 Å². The Morgan fingerprint density at radius 2 is 1.83 bits per heavy atom. The highest BCUT2D eigenvalue weighted by Crippen LogP contribution is 2.17. The molecule has 98 valence electrons. The maximum absolute atomic E-state index is 11.5. The molecule has 0 saturated carbocycles. The number of esters is 1. The van der Waals surface area contributed by atoms with Gasteiger partial charge in [-0.25, -0.2) is 4.79 Å². The van der Waals surface area contributed by atoms with Crippen LogP contribution in [-0.2, 0) is 4.79 Å². The largest absolute Gasteiger partial charge is 0.491 e. The zero-order chi connectivity index (χ0) is 13.6. The molecule has 2 rings (SSSR count). The lowest BCUT2D eigenvalue weighted by Crippen LogP contribution is -2.28. The Morgan fingerprint density at radius 3 is 2.17 bits per heavy atom. The van der Waals surface area contributed by atoms with Crippen molar-refractivity contribution in [3.05, 3.63) is 17.0 Å². The summed E-state index contributed by atoms with van der Waals surface area (Å²) in [6.45, 7) is 0. The Hall–Kier alpha value is -1.98. The van der Waals surface area contributed by atoms with Gasteiger partial charge in [0.15, 0.2) is 0 Å². The van der Waals surface area contributed by atoms with Gasteiger partial charge in [0.2, 0.25) is 0 Å². The first-order valence-corrected chi connectivity index (χ1v) is 4.85. The van der Waals surface area contributed by atoms with E-state index >= 15 is 0 Å². The molecule has 2 aromatic heterocycles. The second-order valence-electron chi connectivity index (χ2n) is 2.49. The molecule has 2 heterocycles. The first-order valence-electron chi connectivity index (χ1n) is 4.05. The lowest BCUT2D eigenvalue weighted by Gasteiger charge is -2.02. The SMILES string of the molecule is Brc1cn[nH]n1.O=C(Oc1cn[nH]n1)C(F)(F)F. The van der Waals surface area contributed by atoms with Crippen molar-refractivity contribution in [2.75, 3.05) is 0 Å². The molecule has 0 aliphatic heterocycles. The molecule has 18 heavy (non-hydrogen) atoms. The molecule has 0 amide bonds. The van der Waals surface area contributed by atoms with E-state index in [2.05, 4.69) is 46.3 Å². The monoisotopic (exact) mass is 328 g/mol. The molecule has 0 fully saturated rings. The number of hydrogen-bond acceptors (Lipinski definition) is 6. The molecular formula is C6H4BrF3N6O2. The summed E-state index contributed by atoms with van der Waals surface area (Å²) in [6.07, 6.45) is -2.58. The van der Waals surface area contributed by atoms with Gasteiger partial charge in [-0.3, -0.25) is 0 Å². The molecule has 2 N–H and O–H groups in total. The zero-order valence-electron chi connectivity index (χ0n) is 8.27. The van der Waals surface area contributed by atoms with E-state index in [0.717, 1.165) is 10.8 Å². The van der Waals surface area contributed by atoms with Gasteiger partial charge in [-0.1, -0.05) is 0 Å². The lowest BCUT2D eigenvalue weighted by molar-refractivity contribution is -0.190. The Kier molecular flexibility index (Phi) is 4.76. The normalized spacial score (nSPS) is 10.4. The lowest BCUT2D eigenvalue weighted by atomic mass is 10.6. The fourth-order valence-electron chi connectivity index (χ4n) is 0.581. The molecular weight excluding hydrogens is 325 g/mol. The van der Waals surface area contributed by atoms with Crippen LogP contribution in [0.4, 0.5) is 13.2 Å². The van der Waals surface area contributed by atoms with E-state index in [1.54, 1.807) is 6.20 Å². The molecule has 12 heteroatoms. The van der Waals surface area contributed by atoms with Crippen molar-refractivity contribution in [3.63, 3.8) is 0 Å². The van der Waals surface area contributed by atoms with Crippen LogP contribution in [0.5, 0.6) is 5.88 Å². The minimum absolute atomic E-state index is 0.516. The van der Waals surface area contributed by atoms with E-state index in [1.807, 2.05) is 5.21 Å². The van der Waals surface area contributed by atoms with E-state index in [9.17, 15) is 18.0 Å². The minimum atomic E-state index is -5.01. The number of hydrogen-bond donors (Lipinski definition) is 2. The molecule has 0 aromatic carbocycles. The van der Waals surface area contributed by atoms with Crippen LogP contribution in [0.25, 0.3) is 0 Å². The summed E-state index contributed by atoms with van der Waals surface area (Å²) in [7, 11) is 0. The fourth-order valence-corrected chi connectivity index (χ4v) is 0.762. The highest BCUT2D eigenvalue weighted by Gasteiger charge is 2.41. The zero-order valence-corrected chi connectivity index (χ0v) is 9.86. The minimum Gasteiger partial charge on any atom is -0.397 e. The van der Waals surface area contributed by atoms with E-state index in [1.165, 1.54) is 0 Å². The number of carbonyl (C=O) groups excluding carboxylic acids is 1. The van der Waals surface area contributed by atoms with E-state index in [0.29, 0.717) is 0 Å². The molecule has 2 aromatic rings. The van der Waals surface area contributed by atoms with Gasteiger partial charge in [0.05, 0.1) is 6.20 Å². The first-order chi connectivity index (χ1) is 8.39. The van der Waals surface area contributed by atoms with Crippen LogP contribution in [0, 0.1) is 0 Å². The number of carbonyl (C=O) groups is 1. The van der Waals surface area contributed by atoms with Crippen molar-refractivity contribution < 1.29 is 22.7 Å². The van der Waals surface area contributed by atoms with Gasteiger partial charge >= 0.3 is 12.1 Å². The molecule has 0 spiro atoms. The summed E-state index contributed by atoms with van der Waals surface area (Å²) in [6, 6.07) is 0. The smallest absolute Gasteiger partial charge is 0.397 e. The van der Waals surface area contributed by atoms with Crippen molar-refractivity contribution in [1.82, 2.24) is 30.8 Å². The molecule has 0 bridgehead atoms. The third kappa shape index (κ3) is 4.90. The van der Waals surface area contributed by atoms with Crippen LogP contribution in [0.3, 0.4) is 0 Å². The predicted molar refractivity (Wildman–Crippen MR) is 52.2 cm³/mol. The summed E-state index contributed by atoms with van der Waals surface area (Å²) in [5, 5.41) is 17.7. The number of halogens is 4. The van der Waals surface area contributed by atoms with Gasteiger partial charge in [-0.05, 0) is 15.9 Å². The maximum Gasteiger partial charge on any atom is 0.491 e. The molecule has 0 atom stereocenters. The van der Waals surface area contributed by atoms with Crippen molar-refractivity contribution in [1.29, 1.82) is 0 Å². The average Bonchev–Trinajstić information content (AvgIpc) is 2.90. The summed E-state index contributed by atoms with van der Waals surface area (Å²) < 4.78 is 39.0. The summed E-state index contributed by atoms with van der Waals surface area (Å²) >= 11 is 3.08. The Labute approximate surface area is 105 Å². The molecule has 0 saturated heterocycles. The maximum atomic E-state index is 11.5. The number of alkyl halides is 3. The van der Waals surface area contributed by atoms with Crippen LogP contribution < -0.4 is 4.74 Å². The number of aromatic amines is 2. The summed E-state index contributed by atoms with van der Waals surface area (Å²) in [5.74, 6) is -2.84. The second kappa shape index (κ2) is 6.09. The van der Waals surface area contributed by atoms with Crippen molar-refractivity contribution in [2.24, 2.45) is 0 Å². The average molecular weight is 329 g/mol. The Balaban J connectivity index is 0.000000225. The number of ether oxygens (including phenoxy) is 1. The van der Waals surface area contributed by atoms with Crippen molar-refractivity contribution in [2.45, 2.75) is 6.18 Å². The van der Waals surface area contributed by atoms with Crippen molar-refractivity contribution >= 4 is 21.9 Å². The number of nitrogens with zero attached hydrogens (tertiary/aromatic N) is 4. The number of nitrogens with one attached hydrogen (secondary N) is 2. The molecule has 8 nitrogen and oxygen atoms in total. The summed E-state index contributed by atoms with van der Waals surface area (Å²) in [5.41, 5.74) is 0. The highest BCUT2D eigenvalue weighted by atomic mass is 79.9. The number of rotatable bonds is 1. The third-order valence-electron chi connectivity index (χ3n) is 1.21. The van der Waals surface area contributed by atoms with Gasteiger partial charge in [-0.15, -0.1) is 10.2 Å². The van der Waals surface area contributed by atoms with Gasteiger partial charge < -0.3 is 4.74 Å².